The van der Waals surface area contributed by atoms with Gasteiger partial charge in [0, 0.05) is 32.1 Å². The highest BCUT2D eigenvalue weighted by molar-refractivity contribution is 7.19. The van der Waals surface area contributed by atoms with Gasteiger partial charge in [0.2, 0.25) is 0 Å². The van der Waals surface area contributed by atoms with Gasteiger partial charge >= 0.3 is 0 Å². The highest BCUT2D eigenvalue weighted by atomic mass is 32.1. The van der Waals surface area contributed by atoms with Crippen LogP contribution in [0.1, 0.15) is 4.88 Å². The topological polar surface area (TPSA) is 26.0 Å². The fraction of sp³-hybridized carbons (Fsp3) is 0.0500. The van der Waals surface area contributed by atoms with Crippen LogP contribution in [-0.2, 0) is 0 Å². The number of pyridine rings is 1. The van der Waals surface area contributed by atoms with Gasteiger partial charge in [0.1, 0.15) is 11.2 Å². The van der Waals surface area contributed by atoms with Crippen molar-refractivity contribution in [3.8, 4) is 11.3 Å². The van der Waals surface area contributed by atoms with E-state index in [-0.39, 0.29) is 0 Å². The number of furan rings is 1. The van der Waals surface area contributed by atoms with Gasteiger partial charge in [0.15, 0.2) is 0 Å². The summed E-state index contributed by atoms with van der Waals surface area (Å²) >= 11 is 1.81. The first-order valence-electron chi connectivity index (χ1n) is 7.56. The molecule has 0 saturated carbocycles. The Morgan fingerprint density at radius 3 is 2.78 bits per heavy atom. The molecule has 0 N–H and O–H groups in total. The zero-order valence-electron chi connectivity index (χ0n) is 12.5. The predicted molar refractivity (Wildman–Crippen MR) is 97.1 cm³/mol. The molecule has 5 aromatic rings. The van der Waals surface area contributed by atoms with Crippen molar-refractivity contribution >= 4 is 43.4 Å². The zero-order valence-corrected chi connectivity index (χ0v) is 13.4. The quantitative estimate of drug-likeness (QED) is 0.369. The smallest absolute Gasteiger partial charge is 0.144 e. The molecule has 3 heteroatoms. The predicted octanol–water partition coefficient (Wildman–Crippen LogP) is 6.17. The molecular formula is C20H13NOS. The Kier molecular flexibility index (Phi) is 2.61. The standard InChI is InChI=1S/C20H13NOS/c1-12-9-13-10-16-14-5-4-6-15(17-7-2-3-8-21-17)20(14)22-18(16)11-19(13)23-12/h2-11H,1H3. The van der Waals surface area contributed by atoms with Gasteiger partial charge in [0.05, 0.1) is 5.69 Å². The normalized spacial score (nSPS) is 11.7. The van der Waals surface area contributed by atoms with E-state index < -0.39 is 0 Å². The Morgan fingerprint density at radius 2 is 1.91 bits per heavy atom. The van der Waals surface area contributed by atoms with Gasteiger partial charge in [0.25, 0.3) is 0 Å². The molecule has 5 rings (SSSR count). The lowest BCUT2D eigenvalue weighted by molar-refractivity contribution is 0.670. The Bertz CT molecular complexity index is 1170. The fourth-order valence-corrected chi connectivity index (χ4v) is 4.12. The van der Waals surface area contributed by atoms with Crippen LogP contribution < -0.4 is 0 Å². The molecule has 0 fully saturated rings. The third kappa shape index (κ3) is 1.90. The zero-order chi connectivity index (χ0) is 15.4. The number of aryl methyl sites for hydroxylation is 1. The first-order valence-corrected chi connectivity index (χ1v) is 8.38. The van der Waals surface area contributed by atoms with E-state index in [1.807, 2.05) is 24.4 Å². The monoisotopic (exact) mass is 315 g/mol. The lowest BCUT2D eigenvalue weighted by atomic mass is 10.1. The summed E-state index contributed by atoms with van der Waals surface area (Å²) in [4.78, 5) is 5.79. The summed E-state index contributed by atoms with van der Waals surface area (Å²) in [6.07, 6.45) is 1.82. The summed E-state index contributed by atoms with van der Waals surface area (Å²) in [5, 5.41) is 3.60. The SMILES string of the molecule is Cc1cc2cc3c(cc2s1)oc1c(-c2ccccn2)cccc13. The number of hydrogen-bond acceptors (Lipinski definition) is 3. The molecule has 0 aliphatic carbocycles. The van der Waals surface area contributed by atoms with Crippen molar-refractivity contribution < 1.29 is 4.42 Å². The maximum absolute atomic E-state index is 6.22. The van der Waals surface area contributed by atoms with Crippen molar-refractivity contribution in [2.75, 3.05) is 0 Å². The van der Waals surface area contributed by atoms with Gasteiger partial charge in [-0.3, -0.25) is 4.98 Å². The molecule has 0 radical (unpaired) electrons. The van der Waals surface area contributed by atoms with Crippen LogP contribution >= 0.6 is 11.3 Å². The molecule has 23 heavy (non-hydrogen) atoms. The molecule has 0 aliphatic heterocycles. The maximum atomic E-state index is 6.22. The molecule has 110 valence electrons. The van der Waals surface area contributed by atoms with Gasteiger partial charge in [-0.1, -0.05) is 18.2 Å². The average molecular weight is 315 g/mol. The largest absolute Gasteiger partial charge is 0.455 e. The molecule has 2 aromatic carbocycles. The number of thiophene rings is 1. The van der Waals surface area contributed by atoms with Crippen LogP contribution in [-0.4, -0.2) is 4.98 Å². The van der Waals surface area contributed by atoms with Crippen molar-refractivity contribution in [2.24, 2.45) is 0 Å². The van der Waals surface area contributed by atoms with Gasteiger partial charge in [-0.05, 0) is 48.7 Å². The molecule has 0 saturated heterocycles. The minimum absolute atomic E-state index is 0.913. The second kappa shape index (κ2) is 4.67. The van der Waals surface area contributed by atoms with Crippen LogP contribution in [0.3, 0.4) is 0 Å². The summed E-state index contributed by atoms with van der Waals surface area (Å²) < 4.78 is 7.49. The Morgan fingerprint density at radius 1 is 0.957 bits per heavy atom. The van der Waals surface area contributed by atoms with E-state index in [0.717, 1.165) is 27.8 Å². The lowest BCUT2D eigenvalue weighted by Crippen LogP contribution is -1.81. The second-order valence-electron chi connectivity index (χ2n) is 5.74. The van der Waals surface area contributed by atoms with E-state index in [0.29, 0.717) is 0 Å². The van der Waals surface area contributed by atoms with E-state index in [1.165, 1.54) is 20.3 Å². The third-order valence-corrected chi connectivity index (χ3v) is 5.21. The van der Waals surface area contributed by atoms with Gasteiger partial charge in [-0.2, -0.15) is 0 Å². The number of fused-ring (bicyclic) bond motifs is 4. The minimum Gasteiger partial charge on any atom is -0.455 e. The Labute approximate surface area is 137 Å². The Hall–Kier alpha value is -2.65. The molecule has 0 aliphatic rings. The maximum Gasteiger partial charge on any atom is 0.144 e. The first-order chi connectivity index (χ1) is 11.3. The number of nitrogens with zero attached hydrogens (tertiary/aromatic N) is 1. The van der Waals surface area contributed by atoms with Crippen molar-refractivity contribution in [1.82, 2.24) is 4.98 Å². The number of aromatic nitrogens is 1. The van der Waals surface area contributed by atoms with Crippen LogP contribution in [0.15, 0.2) is 65.2 Å². The van der Waals surface area contributed by atoms with E-state index in [9.17, 15) is 0 Å². The number of rotatable bonds is 1. The minimum atomic E-state index is 0.913. The third-order valence-electron chi connectivity index (χ3n) is 4.20. The molecule has 3 aromatic heterocycles. The first kappa shape index (κ1) is 12.9. The van der Waals surface area contributed by atoms with Crippen LogP contribution in [0.4, 0.5) is 0 Å². The summed E-state index contributed by atoms with van der Waals surface area (Å²) in [5.74, 6) is 0. The van der Waals surface area contributed by atoms with Crippen LogP contribution in [0.5, 0.6) is 0 Å². The number of hydrogen-bond donors (Lipinski definition) is 0. The molecule has 0 amide bonds. The summed E-state index contributed by atoms with van der Waals surface area (Å²) in [6, 6.07) is 18.8. The highest BCUT2D eigenvalue weighted by Gasteiger charge is 2.14. The Balaban J connectivity index is 1.89. The molecule has 2 nitrogen and oxygen atoms in total. The molecule has 0 spiro atoms. The van der Waals surface area contributed by atoms with E-state index in [2.05, 4.69) is 48.3 Å². The average Bonchev–Trinajstić information content (AvgIpc) is 3.11. The summed E-state index contributed by atoms with van der Waals surface area (Å²) in [7, 11) is 0. The molecular weight excluding hydrogens is 302 g/mol. The summed E-state index contributed by atoms with van der Waals surface area (Å²) in [5.41, 5.74) is 3.84. The van der Waals surface area contributed by atoms with Crippen molar-refractivity contribution in [1.29, 1.82) is 0 Å². The van der Waals surface area contributed by atoms with Gasteiger partial charge in [-0.25, -0.2) is 0 Å². The second-order valence-corrected chi connectivity index (χ2v) is 7.03. The fourth-order valence-electron chi connectivity index (χ4n) is 3.19. The van der Waals surface area contributed by atoms with Crippen molar-refractivity contribution in [3.05, 3.63) is 65.7 Å². The van der Waals surface area contributed by atoms with Crippen molar-refractivity contribution in [3.63, 3.8) is 0 Å². The van der Waals surface area contributed by atoms with Crippen LogP contribution in [0.25, 0.3) is 43.3 Å². The van der Waals surface area contributed by atoms with E-state index >= 15 is 0 Å². The van der Waals surface area contributed by atoms with Gasteiger partial charge in [-0.15, -0.1) is 11.3 Å². The molecule has 3 heterocycles. The van der Waals surface area contributed by atoms with Gasteiger partial charge < -0.3 is 4.42 Å². The molecule has 0 unspecified atom stereocenters. The highest BCUT2D eigenvalue weighted by Crippen LogP contribution is 2.38. The van der Waals surface area contributed by atoms with E-state index in [1.54, 1.807) is 11.3 Å². The summed E-state index contributed by atoms with van der Waals surface area (Å²) in [6.45, 7) is 2.14. The van der Waals surface area contributed by atoms with Crippen LogP contribution in [0.2, 0.25) is 0 Å². The molecule has 0 bridgehead atoms. The molecule has 0 atom stereocenters. The number of benzene rings is 2. The van der Waals surface area contributed by atoms with E-state index in [4.69, 9.17) is 4.42 Å². The lowest BCUT2D eigenvalue weighted by Gasteiger charge is -2.00. The van der Waals surface area contributed by atoms with Crippen molar-refractivity contribution in [2.45, 2.75) is 6.92 Å². The van der Waals surface area contributed by atoms with Crippen LogP contribution in [0, 0.1) is 6.92 Å². The number of para-hydroxylation sites is 1.